The van der Waals surface area contributed by atoms with Gasteiger partial charge >= 0.3 is 5.97 Å². The largest absolute Gasteiger partial charge is 0.463 e. The van der Waals surface area contributed by atoms with E-state index in [9.17, 15) is 19.2 Å². The molecule has 0 radical (unpaired) electrons. The highest BCUT2D eigenvalue weighted by atomic mass is 35.5. The number of carbonyl (C=O) groups excluding carboxylic acids is 2. The number of allylic oxidation sites excluding steroid dienone is 1. The van der Waals surface area contributed by atoms with Gasteiger partial charge < -0.3 is 15.4 Å². The fourth-order valence-corrected chi connectivity index (χ4v) is 5.15. The Kier molecular flexibility index (Phi) is 8.85. The molecule has 1 atom stereocenters. The Labute approximate surface area is 229 Å². The van der Waals surface area contributed by atoms with E-state index in [0.717, 1.165) is 11.8 Å². The van der Waals surface area contributed by atoms with Crippen LogP contribution < -0.4 is 10.6 Å². The summed E-state index contributed by atoms with van der Waals surface area (Å²) in [6, 6.07) is 24.2. The summed E-state index contributed by atoms with van der Waals surface area (Å²) < 4.78 is 19.4. The number of hydrogen-bond acceptors (Lipinski definition) is 6. The molecule has 0 fully saturated rings. The van der Waals surface area contributed by atoms with Crippen molar-refractivity contribution in [2.24, 2.45) is 0 Å². The molecule has 192 valence electrons. The van der Waals surface area contributed by atoms with Gasteiger partial charge in [-0.1, -0.05) is 84.0 Å². The molecular weight excluding hydrogens is 525 g/mol. The van der Waals surface area contributed by atoms with Gasteiger partial charge in [0.2, 0.25) is 5.91 Å². The van der Waals surface area contributed by atoms with E-state index in [0.29, 0.717) is 26.9 Å². The maximum absolute atomic E-state index is 14.0. The first-order valence-corrected chi connectivity index (χ1v) is 13.1. The molecule has 38 heavy (non-hydrogen) atoms. The van der Waals surface area contributed by atoms with Gasteiger partial charge in [0, 0.05) is 5.02 Å². The predicted molar refractivity (Wildman–Crippen MR) is 147 cm³/mol. The van der Waals surface area contributed by atoms with E-state index in [1.165, 1.54) is 18.2 Å². The number of nitrogens with one attached hydrogen (secondary N) is 2. The molecule has 0 bridgehead atoms. The Hall–Kier alpha value is -4.06. The van der Waals surface area contributed by atoms with Gasteiger partial charge in [-0.25, -0.2) is 9.18 Å². The second-order valence-electron chi connectivity index (χ2n) is 8.13. The first-order valence-electron chi connectivity index (χ1n) is 11.7. The number of benzene rings is 3. The summed E-state index contributed by atoms with van der Waals surface area (Å²) in [5.41, 5.74) is 2.21. The lowest BCUT2D eigenvalue weighted by Crippen LogP contribution is -2.30. The van der Waals surface area contributed by atoms with Crippen LogP contribution in [0.3, 0.4) is 0 Å². The lowest BCUT2D eigenvalue weighted by Gasteiger charge is -2.31. The summed E-state index contributed by atoms with van der Waals surface area (Å²) in [7, 11) is 0. The number of esters is 1. The molecule has 0 saturated heterocycles. The Morgan fingerprint density at radius 1 is 1.08 bits per heavy atom. The third-order valence-corrected chi connectivity index (χ3v) is 7.08. The summed E-state index contributed by atoms with van der Waals surface area (Å²) in [6.07, 6.45) is 0. The van der Waals surface area contributed by atoms with E-state index < -0.39 is 23.6 Å². The first kappa shape index (κ1) is 27.0. The molecule has 9 heteroatoms. The molecule has 0 aromatic heterocycles. The number of dihydropyridines is 1. The van der Waals surface area contributed by atoms with E-state index in [1.807, 2.05) is 30.3 Å². The third-order valence-electron chi connectivity index (χ3n) is 5.72. The summed E-state index contributed by atoms with van der Waals surface area (Å²) in [5, 5.41) is 16.8. The highest BCUT2D eigenvalue weighted by Gasteiger charge is 2.38. The van der Waals surface area contributed by atoms with Crippen LogP contribution in [0.2, 0.25) is 5.02 Å². The molecule has 0 aliphatic carbocycles. The van der Waals surface area contributed by atoms with E-state index in [1.54, 1.807) is 37.3 Å². The van der Waals surface area contributed by atoms with Crippen LogP contribution in [0.1, 0.15) is 24.0 Å². The maximum atomic E-state index is 14.0. The fraction of sp³-hybridized carbons (Fsp3) is 0.138. The Morgan fingerprint density at radius 3 is 2.45 bits per heavy atom. The van der Waals surface area contributed by atoms with E-state index in [4.69, 9.17) is 16.3 Å². The van der Waals surface area contributed by atoms with Crippen LogP contribution in [0.5, 0.6) is 0 Å². The zero-order valence-corrected chi connectivity index (χ0v) is 21.9. The number of carbonyl (C=O) groups is 2. The summed E-state index contributed by atoms with van der Waals surface area (Å²) >= 11 is 7.64. The Bertz CT molecular complexity index is 1470. The minimum atomic E-state index is -0.846. The molecule has 4 rings (SSSR count). The average Bonchev–Trinajstić information content (AvgIpc) is 2.93. The molecule has 6 nitrogen and oxygen atoms in total. The van der Waals surface area contributed by atoms with Crippen molar-refractivity contribution in [3.05, 3.63) is 117 Å². The number of nitriles is 1. The normalized spacial score (nSPS) is 14.9. The van der Waals surface area contributed by atoms with Crippen LogP contribution in [0.4, 0.5) is 10.1 Å². The van der Waals surface area contributed by atoms with Gasteiger partial charge in [0.15, 0.2) is 0 Å². The highest BCUT2D eigenvalue weighted by Crippen LogP contribution is 2.45. The minimum absolute atomic E-state index is 0.0626. The number of hydrogen-bond donors (Lipinski definition) is 2. The lowest BCUT2D eigenvalue weighted by molar-refractivity contribution is -0.138. The van der Waals surface area contributed by atoms with Crippen molar-refractivity contribution in [3.63, 3.8) is 0 Å². The number of nitrogens with zero attached hydrogens (tertiary/aromatic N) is 1. The zero-order chi connectivity index (χ0) is 27.1. The quantitative estimate of drug-likeness (QED) is 0.324. The molecular formula is C29H23ClFN3O3S. The predicted octanol–water partition coefficient (Wildman–Crippen LogP) is 6.25. The third kappa shape index (κ3) is 5.91. The van der Waals surface area contributed by atoms with Gasteiger partial charge in [0.05, 0.1) is 51.9 Å². The van der Waals surface area contributed by atoms with Gasteiger partial charge in [-0.15, -0.1) is 0 Å². The molecule has 3 aromatic carbocycles. The van der Waals surface area contributed by atoms with Gasteiger partial charge in [0.1, 0.15) is 5.82 Å². The number of thioether (sulfide) groups is 1. The SMILES string of the molecule is CCOC(=O)C1=C(c2ccccc2)NC(SCC(=O)Nc2ccccc2F)=C(C#N)[C@H]1c1ccccc1Cl. The maximum Gasteiger partial charge on any atom is 0.337 e. The van der Waals surface area contributed by atoms with Crippen molar-refractivity contribution in [1.29, 1.82) is 5.26 Å². The molecule has 1 aliphatic heterocycles. The molecule has 0 unspecified atom stereocenters. The van der Waals surface area contributed by atoms with Crippen molar-refractivity contribution in [2.45, 2.75) is 12.8 Å². The molecule has 1 amide bonds. The smallest absolute Gasteiger partial charge is 0.337 e. The number of anilines is 1. The number of rotatable bonds is 8. The van der Waals surface area contributed by atoms with Gasteiger partial charge in [-0.05, 0) is 36.2 Å². The van der Waals surface area contributed by atoms with Crippen molar-refractivity contribution in [3.8, 4) is 6.07 Å². The van der Waals surface area contributed by atoms with Crippen LogP contribution in [0.25, 0.3) is 5.70 Å². The Balaban J connectivity index is 1.78. The molecule has 0 spiro atoms. The minimum Gasteiger partial charge on any atom is -0.463 e. The van der Waals surface area contributed by atoms with Crippen LogP contribution >= 0.6 is 23.4 Å². The summed E-state index contributed by atoms with van der Waals surface area (Å²) in [5.74, 6) is -2.55. The topological polar surface area (TPSA) is 91.2 Å². The molecule has 1 aliphatic rings. The van der Waals surface area contributed by atoms with E-state index in [-0.39, 0.29) is 29.2 Å². The molecule has 2 N–H and O–H groups in total. The number of para-hydroxylation sites is 1. The zero-order valence-electron chi connectivity index (χ0n) is 20.3. The second-order valence-corrected chi connectivity index (χ2v) is 9.52. The van der Waals surface area contributed by atoms with Gasteiger partial charge in [-0.2, -0.15) is 5.26 Å². The lowest BCUT2D eigenvalue weighted by atomic mass is 9.81. The van der Waals surface area contributed by atoms with Crippen molar-refractivity contribution < 1.29 is 18.7 Å². The summed E-state index contributed by atoms with van der Waals surface area (Å²) in [4.78, 5) is 26.0. The van der Waals surface area contributed by atoms with Crippen LogP contribution in [0.15, 0.2) is 95.0 Å². The Morgan fingerprint density at radius 2 is 1.76 bits per heavy atom. The van der Waals surface area contributed by atoms with E-state index in [2.05, 4.69) is 16.7 Å². The monoisotopic (exact) mass is 547 g/mol. The van der Waals surface area contributed by atoms with Crippen molar-refractivity contribution in [1.82, 2.24) is 5.32 Å². The number of ether oxygens (including phenoxy) is 1. The fourth-order valence-electron chi connectivity index (χ4n) is 4.07. The molecule has 3 aromatic rings. The van der Waals surface area contributed by atoms with Gasteiger partial charge in [-0.3, -0.25) is 4.79 Å². The first-order chi connectivity index (χ1) is 18.4. The van der Waals surface area contributed by atoms with Crippen LogP contribution in [0, 0.1) is 17.1 Å². The van der Waals surface area contributed by atoms with E-state index >= 15 is 0 Å². The number of halogens is 2. The molecule has 0 saturated carbocycles. The van der Waals surface area contributed by atoms with Crippen LogP contribution in [-0.4, -0.2) is 24.2 Å². The summed E-state index contributed by atoms with van der Waals surface area (Å²) in [6.45, 7) is 1.85. The van der Waals surface area contributed by atoms with Crippen LogP contribution in [-0.2, 0) is 14.3 Å². The van der Waals surface area contributed by atoms with Gasteiger partial charge in [0.25, 0.3) is 0 Å². The van der Waals surface area contributed by atoms with Crippen molar-refractivity contribution >= 4 is 46.6 Å². The second kappa shape index (κ2) is 12.5. The average molecular weight is 548 g/mol. The number of amides is 1. The molecule has 1 heterocycles. The standard InChI is InChI=1S/C29H23ClFN3O3S/c1-2-37-29(36)26-25(19-12-6-7-13-21(19)30)20(16-32)28(34-27(26)18-10-4-3-5-11-18)38-17-24(35)33-23-15-9-8-14-22(23)31/h3-15,25,34H,2,17H2,1H3,(H,33,35)/t25-/m1/s1. The highest BCUT2D eigenvalue weighted by molar-refractivity contribution is 8.03. The van der Waals surface area contributed by atoms with Crippen molar-refractivity contribution in [2.75, 3.05) is 17.7 Å².